The number of methoxy groups -OCH3 is 1. The first-order chi connectivity index (χ1) is 1.91. The first-order valence-corrected chi connectivity index (χ1v) is 1.20. The van der Waals surface area contributed by atoms with Crippen molar-refractivity contribution >= 4 is 0 Å². The molecule has 0 fully saturated rings. The number of hydrogen-bond donors (Lipinski definition) is 0. The molecule has 0 atom stereocenters. The quantitative estimate of drug-likeness (QED) is 0.610. The molecule has 0 rings (SSSR count). The van der Waals surface area contributed by atoms with Crippen molar-refractivity contribution in [3.63, 3.8) is 0 Å². The summed E-state index contributed by atoms with van der Waals surface area (Å²) in [6.45, 7) is 3.95. The van der Waals surface area contributed by atoms with E-state index in [1.165, 1.54) is 0 Å². The van der Waals surface area contributed by atoms with Gasteiger partial charge in [-0.1, -0.05) is 6.61 Å². The van der Waals surface area contributed by atoms with Crippen LogP contribution in [0.15, 0.2) is 0 Å². The molecular weight excluding hydrogens is 238 g/mol. The molecule has 0 amide bonds. The third-order valence-electron chi connectivity index (χ3n) is 0.204. The molecule has 0 aliphatic rings. The Morgan fingerprint density at radius 3 is 2.00 bits per heavy atom. The predicted octanol–water partition coefficient (Wildman–Crippen LogP) is 0.464. The Hall–Kier alpha value is 0.622. The number of ether oxygens (including phenoxy) is 1. The molecule has 0 N–H and O–H groups in total. The minimum absolute atomic E-state index is 0. The van der Waals surface area contributed by atoms with Gasteiger partial charge in [0.05, 0.1) is 0 Å². The Morgan fingerprint density at radius 2 is 2.00 bits per heavy atom. The van der Waals surface area contributed by atoms with Gasteiger partial charge in [-0.25, -0.2) is 0 Å². The van der Waals surface area contributed by atoms with Crippen molar-refractivity contribution in [3.8, 4) is 0 Å². The van der Waals surface area contributed by atoms with Crippen molar-refractivity contribution in [1.82, 2.24) is 0 Å². The van der Waals surface area contributed by atoms with Crippen LogP contribution in [0.1, 0.15) is 0 Å². The van der Waals surface area contributed by atoms with Crippen LogP contribution in [0.4, 0.5) is 0 Å². The third-order valence-corrected chi connectivity index (χ3v) is 0.204. The van der Waals surface area contributed by atoms with E-state index in [9.17, 15) is 0 Å². The van der Waals surface area contributed by atoms with Gasteiger partial charge in [-0.2, -0.15) is 0 Å². The Morgan fingerprint density at radius 1 is 1.80 bits per heavy atom. The van der Waals surface area contributed by atoms with Crippen LogP contribution in [0.3, 0.4) is 0 Å². The molecule has 5 heavy (non-hydrogen) atoms. The van der Waals surface area contributed by atoms with Gasteiger partial charge in [0.25, 0.3) is 0 Å². The normalized spacial score (nSPS) is 6.00. The summed E-state index contributed by atoms with van der Waals surface area (Å²) < 4.78 is 4.43. The maximum Gasteiger partial charge on any atom is 0.0319 e. The van der Waals surface area contributed by atoms with Crippen molar-refractivity contribution < 1.29 is 25.2 Å². The van der Waals surface area contributed by atoms with Crippen molar-refractivity contribution in [3.05, 3.63) is 6.92 Å². The van der Waals surface area contributed by atoms with E-state index < -0.39 is 0 Å². The van der Waals surface area contributed by atoms with Gasteiger partial charge < -0.3 is 11.7 Å². The van der Waals surface area contributed by atoms with Crippen molar-refractivity contribution in [2.24, 2.45) is 0 Å². The van der Waals surface area contributed by atoms with Crippen LogP contribution in [-0.4, -0.2) is 13.7 Å². The molecule has 0 bridgehead atoms. The van der Waals surface area contributed by atoms with Crippen LogP contribution >= 0.6 is 0 Å². The second-order valence-electron chi connectivity index (χ2n) is 0.493. The fourth-order valence-electron chi connectivity index (χ4n) is 0. The molecule has 0 saturated heterocycles. The Labute approximate surface area is 46.4 Å². The standard InChI is InChI=1S/C3H7O.Re/c1-3-4-2;/h1,3H2,2H3;/q-1;. The summed E-state index contributed by atoms with van der Waals surface area (Å²) in [4.78, 5) is 0. The number of hydrogen-bond acceptors (Lipinski definition) is 1. The summed E-state index contributed by atoms with van der Waals surface area (Å²) in [5.74, 6) is 0. The zero-order valence-electron chi connectivity index (χ0n) is 3.20. The van der Waals surface area contributed by atoms with E-state index >= 15 is 0 Å². The molecule has 33 valence electrons. The van der Waals surface area contributed by atoms with Crippen LogP contribution in [0.5, 0.6) is 0 Å². The first-order valence-electron chi connectivity index (χ1n) is 1.20. The van der Waals surface area contributed by atoms with Crippen LogP contribution in [0.25, 0.3) is 0 Å². The fourth-order valence-corrected chi connectivity index (χ4v) is 0. The molecule has 0 aromatic heterocycles. The number of rotatable bonds is 1. The Kier molecular flexibility index (Phi) is 16.1. The third kappa shape index (κ3) is 12.1. The first kappa shape index (κ1) is 9.16. The molecule has 0 heterocycles. The van der Waals surface area contributed by atoms with Gasteiger partial charge in [0.1, 0.15) is 0 Å². The largest absolute Gasteiger partial charge is 0.417 e. The van der Waals surface area contributed by atoms with Crippen molar-refractivity contribution in [1.29, 1.82) is 0 Å². The monoisotopic (exact) mass is 246 g/mol. The molecule has 0 aromatic rings. The molecule has 0 aromatic carbocycles. The van der Waals surface area contributed by atoms with E-state index in [1.54, 1.807) is 7.11 Å². The molecule has 1 radical (unpaired) electrons. The molecule has 1 nitrogen and oxygen atoms in total. The molecule has 0 spiro atoms. The SMILES string of the molecule is [CH2-]COC.[Re]. The van der Waals surface area contributed by atoms with Gasteiger partial charge in [-0.05, 0) is 0 Å². The summed E-state index contributed by atoms with van der Waals surface area (Å²) >= 11 is 0. The van der Waals surface area contributed by atoms with Crippen LogP contribution < -0.4 is 0 Å². The Balaban J connectivity index is 0. The minimum Gasteiger partial charge on any atom is -0.417 e. The van der Waals surface area contributed by atoms with E-state index in [0.29, 0.717) is 6.61 Å². The van der Waals surface area contributed by atoms with Crippen LogP contribution in [0, 0.1) is 6.92 Å². The summed E-state index contributed by atoms with van der Waals surface area (Å²) in [7, 11) is 1.62. The minimum atomic E-state index is 0. The average Bonchev–Trinajstić information content (AvgIpc) is 1.37. The topological polar surface area (TPSA) is 9.23 Å². The summed E-state index contributed by atoms with van der Waals surface area (Å²) in [6.07, 6.45) is 0. The van der Waals surface area contributed by atoms with Gasteiger partial charge >= 0.3 is 0 Å². The Bertz CT molecular complexity index is 8.85. The van der Waals surface area contributed by atoms with Crippen LogP contribution in [0.2, 0.25) is 0 Å². The van der Waals surface area contributed by atoms with E-state index in [0.717, 1.165) is 0 Å². The van der Waals surface area contributed by atoms with Gasteiger partial charge in [0.15, 0.2) is 0 Å². The molecule has 0 unspecified atom stereocenters. The predicted molar refractivity (Wildman–Crippen MR) is 17.2 cm³/mol. The van der Waals surface area contributed by atoms with Crippen molar-refractivity contribution in [2.45, 2.75) is 0 Å². The van der Waals surface area contributed by atoms with Gasteiger partial charge in [0, 0.05) is 27.5 Å². The van der Waals surface area contributed by atoms with E-state index in [-0.39, 0.29) is 20.4 Å². The molecule has 0 aliphatic heterocycles. The molecule has 0 aliphatic carbocycles. The van der Waals surface area contributed by atoms with Gasteiger partial charge in [-0.15, -0.1) is 0 Å². The molecule has 2 heteroatoms. The van der Waals surface area contributed by atoms with Crippen LogP contribution in [-0.2, 0) is 25.2 Å². The average molecular weight is 245 g/mol. The second-order valence-corrected chi connectivity index (χ2v) is 0.493. The smallest absolute Gasteiger partial charge is 0.0319 e. The summed E-state index contributed by atoms with van der Waals surface area (Å²) in [5, 5.41) is 0. The zero-order chi connectivity index (χ0) is 3.41. The molecular formula is C3H7ORe-. The summed E-state index contributed by atoms with van der Waals surface area (Å²) in [5.41, 5.74) is 0. The van der Waals surface area contributed by atoms with E-state index in [2.05, 4.69) is 11.7 Å². The van der Waals surface area contributed by atoms with Gasteiger partial charge in [0.2, 0.25) is 0 Å². The van der Waals surface area contributed by atoms with Gasteiger partial charge in [-0.3, -0.25) is 0 Å². The molecule has 0 saturated carbocycles. The van der Waals surface area contributed by atoms with E-state index in [4.69, 9.17) is 0 Å². The maximum absolute atomic E-state index is 4.43. The van der Waals surface area contributed by atoms with Crippen molar-refractivity contribution in [2.75, 3.05) is 13.7 Å². The van der Waals surface area contributed by atoms with E-state index in [1.807, 2.05) is 0 Å². The maximum atomic E-state index is 4.43. The second kappa shape index (κ2) is 8.82. The zero-order valence-corrected chi connectivity index (χ0v) is 5.92. The fraction of sp³-hybridized carbons (Fsp3) is 0.667. The summed E-state index contributed by atoms with van der Waals surface area (Å²) in [6, 6.07) is 0.